The Kier molecular flexibility index (Phi) is 3.41. The molecule has 0 unspecified atom stereocenters. The molecule has 2 aromatic carbocycles. The molecule has 0 aliphatic carbocycles. The molecule has 104 valence electrons. The highest BCUT2D eigenvalue weighted by Crippen LogP contribution is 2.19. The second kappa shape index (κ2) is 5.38. The average molecular weight is 300 g/mol. The van der Waals surface area contributed by atoms with Crippen LogP contribution in [0.5, 0.6) is 0 Å². The van der Waals surface area contributed by atoms with Gasteiger partial charge >= 0.3 is 5.97 Å². The number of carbonyl (C=O) groups is 1. The van der Waals surface area contributed by atoms with Crippen molar-refractivity contribution in [3.05, 3.63) is 65.4 Å². The zero-order chi connectivity index (χ0) is 14.8. The molecule has 1 aromatic heterocycles. The Morgan fingerprint density at radius 1 is 1.10 bits per heavy atom. The fourth-order valence-corrected chi connectivity index (χ4v) is 2.09. The molecular formula is C15H10ClN3O2. The maximum absolute atomic E-state index is 11.2. The summed E-state index contributed by atoms with van der Waals surface area (Å²) < 4.78 is 1.45. The van der Waals surface area contributed by atoms with Crippen molar-refractivity contribution in [1.29, 1.82) is 0 Å². The minimum Gasteiger partial charge on any atom is -0.478 e. The largest absolute Gasteiger partial charge is 0.478 e. The van der Waals surface area contributed by atoms with Crippen molar-refractivity contribution in [3.8, 4) is 17.1 Å². The number of halogens is 1. The molecule has 0 saturated carbocycles. The van der Waals surface area contributed by atoms with Gasteiger partial charge in [0.25, 0.3) is 0 Å². The SMILES string of the molecule is O=C(O)c1ccccc1-n1cnc(-c2ccc(Cl)cc2)n1. The number of carboxylic acid groups (broad SMARTS) is 1. The third-order valence-corrected chi connectivity index (χ3v) is 3.23. The lowest BCUT2D eigenvalue weighted by molar-refractivity contribution is 0.0696. The van der Waals surface area contributed by atoms with Crippen LogP contribution in [0.1, 0.15) is 10.4 Å². The van der Waals surface area contributed by atoms with Gasteiger partial charge in [-0.05, 0) is 36.4 Å². The molecule has 0 atom stereocenters. The molecule has 0 aliphatic rings. The molecule has 0 aliphatic heterocycles. The van der Waals surface area contributed by atoms with E-state index in [-0.39, 0.29) is 5.56 Å². The Morgan fingerprint density at radius 2 is 1.81 bits per heavy atom. The molecule has 0 amide bonds. The van der Waals surface area contributed by atoms with Crippen molar-refractivity contribution in [2.75, 3.05) is 0 Å². The number of nitrogens with zero attached hydrogens (tertiary/aromatic N) is 3. The van der Waals surface area contributed by atoms with E-state index in [1.54, 1.807) is 30.3 Å². The summed E-state index contributed by atoms with van der Waals surface area (Å²) in [6.45, 7) is 0. The van der Waals surface area contributed by atoms with Crippen LogP contribution in [-0.2, 0) is 0 Å². The summed E-state index contributed by atoms with van der Waals surface area (Å²) in [4.78, 5) is 15.4. The van der Waals surface area contributed by atoms with Gasteiger partial charge < -0.3 is 5.11 Å². The fraction of sp³-hybridized carbons (Fsp3) is 0. The molecular weight excluding hydrogens is 290 g/mol. The van der Waals surface area contributed by atoms with Gasteiger partial charge in [-0.3, -0.25) is 0 Å². The van der Waals surface area contributed by atoms with Crippen LogP contribution in [0.25, 0.3) is 17.1 Å². The predicted octanol–water partition coefficient (Wildman–Crippen LogP) is 3.29. The van der Waals surface area contributed by atoms with Gasteiger partial charge in [-0.1, -0.05) is 23.7 Å². The molecule has 6 heteroatoms. The molecule has 0 bridgehead atoms. The minimum atomic E-state index is -1.01. The summed E-state index contributed by atoms with van der Waals surface area (Å²) in [7, 11) is 0. The summed E-state index contributed by atoms with van der Waals surface area (Å²) in [6.07, 6.45) is 1.49. The molecule has 5 nitrogen and oxygen atoms in total. The third-order valence-electron chi connectivity index (χ3n) is 2.98. The van der Waals surface area contributed by atoms with Crippen molar-refractivity contribution in [1.82, 2.24) is 14.8 Å². The van der Waals surface area contributed by atoms with Crippen LogP contribution in [0.2, 0.25) is 5.02 Å². The number of para-hydroxylation sites is 1. The standard InChI is InChI=1S/C15H10ClN3O2/c16-11-7-5-10(6-8-11)14-17-9-19(18-14)13-4-2-1-3-12(13)15(20)21/h1-9H,(H,20,21). The lowest BCUT2D eigenvalue weighted by atomic mass is 10.2. The van der Waals surface area contributed by atoms with Crippen LogP contribution >= 0.6 is 11.6 Å². The van der Waals surface area contributed by atoms with E-state index in [2.05, 4.69) is 10.1 Å². The molecule has 1 heterocycles. The maximum Gasteiger partial charge on any atom is 0.337 e. The van der Waals surface area contributed by atoms with Gasteiger partial charge in [0, 0.05) is 10.6 Å². The van der Waals surface area contributed by atoms with E-state index in [9.17, 15) is 9.90 Å². The van der Waals surface area contributed by atoms with Gasteiger partial charge in [-0.15, -0.1) is 5.10 Å². The minimum absolute atomic E-state index is 0.171. The fourth-order valence-electron chi connectivity index (χ4n) is 1.96. The number of hydrogen-bond acceptors (Lipinski definition) is 3. The van der Waals surface area contributed by atoms with Gasteiger partial charge in [0.15, 0.2) is 5.82 Å². The van der Waals surface area contributed by atoms with E-state index in [0.717, 1.165) is 5.56 Å². The topological polar surface area (TPSA) is 68.0 Å². The molecule has 0 fully saturated rings. The Morgan fingerprint density at radius 3 is 2.52 bits per heavy atom. The van der Waals surface area contributed by atoms with Crippen molar-refractivity contribution < 1.29 is 9.90 Å². The average Bonchev–Trinajstić information content (AvgIpc) is 2.97. The van der Waals surface area contributed by atoms with Crippen LogP contribution in [0, 0.1) is 0 Å². The highest BCUT2D eigenvalue weighted by molar-refractivity contribution is 6.30. The van der Waals surface area contributed by atoms with Crippen LogP contribution in [0.3, 0.4) is 0 Å². The Hall–Kier alpha value is -2.66. The molecule has 1 N–H and O–H groups in total. The molecule has 0 spiro atoms. The first kappa shape index (κ1) is 13.3. The highest BCUT2D eigenvalue weighted by Gasteiger charge is 2.13. The van der Waals surface area contributed by atoms with Gasteiger partial charge in [-0.25, -0.2) is 14.5 Å². The van der Waals surface area contributed by atoms with Gasteiger partial charge in [0.2, 0.25) is 0 Å². The molecule has 3 rings (SSSR count). The smallest absolute Gasteiger partial charge is 0.337 e. The van der Waals surface area contributed by atoms with E-state index >= 15 is 0 Å². The number of rotatable bonds is 3. The predicted molar refractivity (Wildman–Crippen MR) is 78.8 cm³/mol. The highest BCUT2D eigenvalue weighted by atomic mass is 35.5. The van der Waals surface area contributed by atoms with Crippen molar-refractivity contribution in [2.24, 2.45) is 0 Å². The van der Waals surface area contributed by atoms with E-state index in [0.29, 0.717) is 16.5 Å². The number of aromatic nitrogens is 3. The van der Waals surface area contributed by atoms with E-state index in [1.807, 2.05) is 12.1 Å². The van der Waals surface area contributed by atoms with Gasteiger partial charge in [0.1, 0.15) is 6.33 Å². The van der Waals surface area contributed by atoms with Crippen LogP contribution in [-0.4, -0.2) is 25.8 Å². The first-order valence-corrected chi connectivity index (χ1v) is 6.53. The zero-order valence-corrected chi connectivity index (χ0v) is 11.5. The third kappa shape index (κ3) is 2.64. The van der Waals surface area contributed by atoms with E-state index in [1.165, 1.54) is 17.1 Å². The Bertz CT molecular complexity index is 797. The second-order valence-corrected chi connectivity index (χ2v) is 4.78. The number of aromatic carboxylic acids is 1. The number of carboxylic acids is 1. The van der Waals surface area contributed by atoms with Gasteiger partial charge in [-0.2, -0.15) is 0 Å². The maximum atomic E-state index is 11.2. The monoisotopic (exact) mass is 299 g/mol. The van der Waals surface area contributed by atoms with Crippen LogP contribution in [0.4, 0.5) is 0 Å². The normalized spacial score (nSPS) is 10.5. The zero-order valence-electron chi connectivity index (χ0n) is 10.8. The van der Waals surface area contributed by atoms with Crippen molar-refractivity contribution in [3.63, 3.8) is 0 Å². The summed E-state index contributed by atoms with van der Waals surface area (Å²) in [5.74, 6) is -0.499. The number of benzene rings is 2. The van der Waals surface area contributed by atoms with Crippen LogP contribution in [0.15, 0.2) is 54.9 Å². The first-order chi connectivity index (χ1) is 10.1. The van der Waals surface area contributed by atoms with E-state index < -0.39 is 5.97 Å². The Balaban J connectivity index is 2.03. The quantitative estimate of drug-likeness (QED) is 0.806. The molecule has 21 heavy (non-hydrogen) atoms. The second-order valence-electron chi connectivity index (χ2n) is 4.34. The first-order valence-electron chi connectivity index (χ1n) is 6.15. The molecule has 0 saturated heterocycles. The van der Waals surface area contributed by atoms with Crippen LogP contribution < -0.4 is 0 Å². The summed E-state index contributed by atoms with van der Waals surface area (Å²) in [5.41, 5.74) is 1.45. The molecule has 0 radical (unpaired) electrons. The lowest BCUT2D eigenvalue weighted by Crippen LogP contribution is -2.05. The number of hydrogen-bond donors (Lipinski definition) is 1. The summed E-state index contributed by atoms with van der Waals surface area (Å²) in [5, 5.41) is 14.2. The van der Waals surface area contributed by atoms with Gasteiger partial charge in [0.05, 0.1) is 11.3 Å². The molecule has 3 aromatic rings. The Labute approximate surface area is 125 Å². The van der Waals surface area contributed by atoms with Crippen molar-refractivity contribution >= 4 is 17.6 Å². The summed E-state index contributed by atoms with van der Waals surface area (Å²) in [6, 6.07) is 13.8. The summed E-state index contributed by atoms with van der Waals surface area (Å²) >= 11 is 5.84. The van der Waals surface area contributed by atoms with E-state index in [4.69, 9.17) is 11.6 Å². The lowest BCUT2D eigenvalue weighted by Gasteiger charge is -2.04. The van der Waals surface area contributed by atoms with Crippen molar-refractivity contribution in [2.45, 2.75) is 0 Å².